The number of pyridine rings is 1. The van der Waals surface area contributed by atoms with Crippen LogP contribution in [0.4, 0.5) is 0 Å². The summed E-state index contributed by atoms with van der Waals surface area (Å²) in [6.45, 7) is 1.35. The van der Waals surface area contributed by atoms with Crippen molar-refractivity contribution in [2.24, 2.45) is 5.92 Å². The molecule has 0 bridgehead atoms. The molecule has 1 fully saturated rings. The van der Waals surface area contributed by atoms with Gasteiger partial charge in [-0.1, -0.05) is 54.1 Å². The van der Waals surface area contributed by atoms with Crippen LogP contribution < -0.4 is 10.9 Å². The minimum atomic E-state index is -0.316. The molecule has 180 valence electrons. The Balaban J connectivity index is 1.32. The van der Waals surface area contributed by atoms with Gasteiger partial charge in [0.05, 0.1) is 24.7 Å². The number of likely N-dealkylation sites (tertiary alicyclic amines) is 1. The fraction of sp³-hybridized carbons (Fsp3) is 0.259. The number of hydrogen-bond acceptors (Lipinski definition) is 4. The SMILES string of the molecule is N=C(CNC(=O)C1CCC(=O)N(Cc2ccc(Cn3ccccc3=O)cc2)C1)c1cccc(Cl)c1. The Kier molecular flexibility index (Phi) is 7.77. The highest BCUT2D eigenvalue weighted by atomic mass is 35.5. The summed E-state index contributed by atoms with van der Waals surface area (Å²) in [6.07, 6.45) is 2.57. The zero-order valence-corrected chi connectivity index (χ0v) is 20.0. The molecule has 0 saturated carbocycles. The van der Waals surface area contributed by atoms with Crippen LogP contribution in [0.15, 0.2) is 77.7 Å². The number of piperidine rings is 1. The molecular formula is C27H27ClN4O3. The first-order chi connectivity index (χ1) is 16.9. The maximum atomic E-state index is 12.8. The molecule has 4 rings (SSSR count). The number of amides is 2. The standard InChI is InChI=1S/C27H27ClN4O3/c28-23-5-3-4-21(14-23)24(29)15-30-27(35)22-11-12-26(34)32(18-22)17-20-9-7-19(8-10-20)16-31-13-2-1-6-25(31)33/h1-10,13-14,22,29H,11-12,15-18H2,(H,30,35). The highest BCUT2D eigenvalue weighted by Crippen LogP contribution is 2.20. The first-order valence-corrected chi connectivity index (χ1v) is 11.9. The van der Waals surface area contributed by atoms with Gasteiger partial charge >= 0.3 is 0 Å². The van der Waals surface area contributed by atoms with Gasteiger partial charge in [0, 0.05) is 36.8 Å². The van der Waals surface area contributed by atoms with Gasteiger partial charge in [-0.2, -0.15) is 0 Å². The molecule has 1 unspecified atom stereocenters. The maximum Gasteiger partial charge on any atom is 0.250 e. The Hall–Kier alpha value is -3.71. The second-order valence-corrected chi connectivity index (χ2v) is 9.14. The van der Waals surface area contributed by atoms with E-state index in [1.807, 2.05) is 30.3 Å². The summed E-state index contributed by atoms with van der Waals surface area (Å²) >= 11 is 5.99. The minimum absolute atomic E-state index is 0.0284. The van der Waals surface area contributed by atoms with Gasteiger partial charge in [-0.05, 0) is 41.3 Å². The second kappa shape index (κ2) is 11.1. The Labute approximate surface area is 208 Å². The molecule has 7 nitrogen and oxygen atoms in total. The molecule has 35 heavy (non-hydrogen) atoms. The quantitative estimate of drug-likeness (QED) is 0.473. The number of carbonyl (C=O) groups is 2. The molecule has 1 saturated heterocycles. The van der Waals surface area contributed by atoms with Crippen molar-refractivity contribution in [3.05, 3.63) is 105 Å². The molecule has 1 aliphatic rings. The number of rotatable bonds is 8. The first kappa shape index (κ1) is 24.4. The lowest BCUT2D eigenvalue weighted by Gasteiger charge is -2.32. The number of hydrogen-bond donors (Lipinski definition) is 2. The number of benzene rings is 2. The van der Waals surface area contributed by atoms with Crippen molar-refractivity contribution in [2.75, 3.05) is 13.1 Å². The summed E-state index contributed by atoms with van der Waals surface area (Å²) in [5, 5.41) is 11.6. The van der Waals surface area contributed by atoms with Crippen molar-refractivity contribution in [3.63, 3.8) is 0 Å². The zero-order chi connectivity index (χ0) is 24.8. The topological polar surface area (TPSA) is 95.3 Å². The highest BCUT2D eigenvalue weighted by Gasteiger charge is 2.30. The molecule has 0 aliphatic carbocycles. The molecule has 2 N–H and O–H groups in total. The lowest BCUT2D eigenvalue weighted by atomic mass is 9.96. The Morgan fingerprint density at radius 3 is 2.46 bits per heavy atom. The van der Waals surface area contributed by atoms with Crippen LogP contribution in [0.5, 0.6) is 0 Å². The molecule has 0 spiro atoms. The van der Waals surface area contributed by atoms with Crippen molar-refractivity contribution in [1.29, 1.82) is 5.41 Å². The summed E-state index contributed by atoms with van der Waals surface area (Å²) in [7, 11) is 0. The fourth-order valence-electron chi connectivity index (χ4n) is 4.14. The van der Waals surface area contributed by atoms with Gasteiger partial charge in [0.25, 0.3) is 5.56 Å². The van der Waals surface area contributed by atoms with Crippen LogP contribution in [0, 0.1) is 11.3 Å². The smallest absolute Gasteiger partial charge is 0.250 e. The van der Waals surface area contributed by atoms with E-state index >= 15 is 0 Å². The minimum Gasteiger partial charge on any atom is -0.350 e. The van der Waals surface area contributed by atoms with E-state index in [1.165, 1.54) is 6.07 Å². The normalized spacial score (nSPS) is 15.6. The van der Waals surface area contributed by atoms with Gasteiger partial charge in [0.2, 0.25) is 11.8 Å². The van der Waals surface area contributed by atoms with Crippen LogP contribution >= 0.6 is 11.6 Å². The van der Waals surface area contributed by atoms with Crippen molar-refractivity contribution >= 4 is 29.1 Å². The lowest BCUT2D eigenvalue weighted by molar-refractivity contribution is -0.138. The molecule has 2 aromatic carbocycles. The van der Waals surface area contributed by atoms with Gasteiger partial charge in [-0.25, -0.2) is 0 Å². The molecular weight excluding hydrogens is 464 g/mol. The number of nitrogens with one attached hydrogen (secondary N) is 2. The monoisotopic (exact) mass is 490 g/mol. The Morgan fingerprint density at radius 2 is 1.74 bits per heavy atom. The van der Waals surface area contributed by atoms with Crippen LogP contribution in [-0.4, -0.2) is 40.1 Å². The number of halogens is 1. The van der Waals surface area contributed by atoms with Crippen LogP contribution in [-0.2, 0) is 22.7 Å². The van der Waals surface area contributed by atoms with E-state index in [2.05, 4.69) is 5.32 Å². The van der Waals surface area contributed by atoms with Crippen molar-refractivity contribution in [1.82, 2.24) is 14.8 Å². The van der Waals surface area contributed by atoms with Gasteiger partial charge in [-0.3, -0.25) is 14.4 Å². The maximum absolute atomic E-state index is 12.8. The third-order valence-corrected chi connectivity index (χ3v) is 6.37. The molecule has 1 aromatic heterocycles. The molecule has 0 radical (unpaired) electrons. The predicted molar refractivity (Wildman–Crippen MR) is 136 cm³/mol. The lowest BCUT2D eigenvalue weighted by Crippen LogP contribution is -2.46. The molecule has 3 aromatic rings. The second-order valence-electron chi connectivity index (χ2n) is 8.70. The van der Waals surface area contributed by atoms with Gasteiger partial charge in [0.1, 0.15) is 0 Å². The molecule has 1 aliphatic heterocycles. The summed E-state index contributed by atoms with van der Waals surface area (Å²) in [4.78, 5) is 38.9. The van der Waals surface area contributed by atoms with E-state index in [4.69, 9.17) is 17.0 Å². The van der Waals surface area contributed by atoms with Crippen molar-refractivity contribution in [3.8, 4) is 0 Å². The average molecular weight is 491 g/mol. The Morgan fingerprint density at radius 1 is 1.00 bits per heavy atom. The number of aromatic nitrogens is 1. The number of nitrogens with zero attached hydrogens (tertiary/aromatic N) is 2. The van der Waals surface area contributed by atoms with Crippen LogP contribution in [0.2, 0.25) is 5.02 Å². The van der Waals surface area contributed by atoms with Crippen LogP contribution in [0.3, 0.4) is 0 Å². The molecule has 2 heterocycles. The van der Waals surface area contributed by atoms with Crippen molar-refractivity contribution in [2.45, 2.75) is 25.9 Å². The van der Waals surface area contributed by atoms with E-state index in [-0.39, 0.29) is 35.5 Å². The summed E-state index contributed by atoms with van der Waals surface area (Å²) in [5.41, 5.74) is 2.85. The highest BCUT2D eigenvalue weighted by molar-refractivity contribution is 6.31. The summed E-state index contributed by atoms with van der Waals surface area (Å²) in [6, 6.07) is 19.9. The van der Waals surface area contributed by atoms with Gasteiger partial charge < -0.3 is 20.2 Å². The third kappa shape index (κ3) is 6.45. The molecule has 1 atom stereocenters. The predicted octanol–water partition coefficient (Wildman–Crippen LogP) is 3.47. The van der Waals surface area contributed by atoms with E-state index < -0.39 is 0 Å². The third-order valence-electron chi connectivity index (χ3n) is 6.13. The zero-order valence-electron chi connectivity index (χ0n) is 19.2. The number of carbonyl (C=O) groups excluding carboxylic acids is 2. The van der Waals surface area contributed by atoms with Crippen molar-refractivity contribution < 1.29 is 9.59 Å². The summed E-state index contributed by atoms with van der Waals surface area (Å²) < 4.78 is 1.64. The van der Waals surface area contributed by atoms with Gasteiger partial charge in [0.15, 0.2) is 0 Å². The molecule has 2 amide bonds. The van der Waals surface area contributed by atoms with E-state index in [1.54, 1.807) is 46.0 Å². The summed E-state index contributed by atoms with van der Waals surface area (Å²) in [5.74, 6) is -0.442. The van der Waals surface area contributed by atoms with Gasteiger partial charge in [-0.15, -0.1) is 0 Å². The molecule has 8 heteroatoms. The van der Waals surface area contributed by atoms with Crippen LogP contribution in [0.25, 0.3) is 0 Å². The first-order valence-electron chi connectivity index (χ1n) is 11.5. The van der Waals surface area contributed by atoms with Crippen LogP contribution in [0.1, 0.15) is 29.5 Å². The fourth-order valence-corrected chi connectivity index (χ4v) is 4.33. The van der Waals surface area contributed by atoms with E-state index in [9.17, 15) is 14.4 Å². The largest absolute Gasteiger partial charge is 0.350 e. The van der Waals surface area contributed by atoms with E-state index in [0.29, 0.717) is 43.1 Å². The average Bonchev–Trinajstić information content (AvgIpc) is 2.86. The Bertz CT molecular complexity index is 1290. The van der Waals surface area contributed by atoms with E-state index in [0.717, 1.165) is 11.1 Å².